The van der Waals surface area contributed by atoms with E-state index in [1.54, 1.807) is 0 Å². The summed E-state index contributed by atoms with van der Waals surface area (Å²) in [4.78, 5) is 0. The lowest BCUT2D eigenvalue weighted by molar-refractivity contribution is 2.35. The van der Waals surface area contributed by atoms with Crippen molar-refractivity contribution in [1.29, 1.82) is 0 Å². The summed E-state index contributed by atoms with van der Waals surface area (Å²) in [5.41, 5.74) is 0. The number of halogens is 3. The number of rotatable bonds is 1. The first kappa shape index (κ1) is 6.75. The van der Waals surface area contributed by atoms with E-state index < -0.39 is 0 Å². The average Bonchev–Trinajstić information content (AvgIpc) is 1.38. The average molecular weight is 312 g/mol. The molecule has 0 aromatic rings. The molecule has 5 heavy (non-hydrogen) atoms. The van der Waals surface area contributed by atoms with Gasteiger partial charge in [-0.15, -0.1) is 31.5 Å². The van der Waals surface area contributed by atoms with Crippen molar-refractivity contribution < 1.29 is 0 Å². The molecule has 0 saturated carbocycles. The molecule has 0 radical (unpaired) electrons. The predicted octanol–water partition coefficient (Wildman–Crippen LogP) is 2.24. The van der Waals surface area contributed by atoms with Crippen LogP contribution in [0.1, 0.15) is 0 Å². The van der Waals surface area contributed by atoms with Crippen LogP contribution >= 0.6 is 54.1 Å². The highest BCUT2D eigenvalue weighted by molar-refractivity contribution is 14.1. The van der Waals surface area contributed by atoms with Crippen molar-refractivity contribution in [2.45, 2.75) is 0 Å². The molecular formula is CH2BBr2I. The third-order valence-corrected chi connectivity index (χ3v) is 4.07. The molecule has 0 N–H and O–H groups in total. The van der Waals surface area contributed by atoms with Gasteiger partial charge in [-0.05, 0) is 0 Å². The molecule has 0 spiro atoms. The van der Waals surface area contributed by atoms with Crippen LogP contribution in [-0.4, -0.2) is 8.69 Å². The molecular weight excluding hydrogens is 310 g/mol. The van der Waals surface area contributed by atoms with Crippen LogP contribution in [0.25, 0.3) is 0 Å². The molecule has 30 valence electrons. The van der Waals surface area contributed by atoms with E-state index in [0.29, 0.717) is 4.36 Å². The maximum Gasteiger partial charge on any atom is 0.308 e. The van der Waals surface area contributed by atoms with Gasteiger partial charge in [0.05, 0.1) is 0 Å². The zero-order valence-corrected chi connectivity index (χ0v) is 7.75. The van der Waals surface area contributed by atoms with Crippen LogP contribution in [0.15, 0.2) is 0 Å². The maximum absolute atomic E-state index is 3.28. The van der Waals surface area contributed by atoms with Crippen LogP contribution in [0, 0.1) is 0 Å². The van der Waals surface area contributed by atoms with E-state index in [-0.39, 0.29) is 0 Å². The summed E-state index contributed by atoms with van der Waals surface area (Å²) in [6.07, 6.45) is 0. The highest BCUT2D eigenvalue weighted by Gasteiger charge is 1.95. The Hall–Kier alpha value is 1.75. The number of alkyl halides is 1. The molecule has 0 bridgehead atoms. The van der Waals surface area contributed by atoms with Gasteiger partial charge in [0, 0.05) is 4.33 Å². The molecule has 0 aliphatic rings. The minimum Gasteiger partial charge on any atom is -0.139 e. The number of hydrogen-bond acceptors (Lipinski definition) is 0. The molecule has 0 aromatic heterocycles. The van der Waals surface area contributed by atoms with Crippen molar-refractivity contribution >= 4 is 58.5 Å². The first-order valence-corrected chi connectivity index (χ1v) is 4.47. The molecule has 0 unspecified atom stereocenters. The van der Waals surface area contributed by atoms with Crippen molar-refractivity contribution in [3.8, 4) is 0 Å². The van der Waals surface area contributed by atoms with E-state index >= 15 is 0 Å². The van der Waals surface area contributed by atoms with Gasteiger partial charge < -0.3 is 0 Å². The fourth-order valence-electron chi connectivity index (χ4n) is 0. The summed E-state index contributed by atoms with van der Waals surface area (Å²) in [7, 11) is 0. The summed E-state index contributed by atoms with van der Waals surface area (Å²) in [5, 5.41) is 0. The van der Waals surface area contributed by atoms with Crippen LogP contribution in [0.4, 0.5) is 0 Å². The highest BCUT2D eigenvalue weighted by atomic mass is 127. The molecule has 0 amide bonds. The normalized spacial score (nSPS) is 7.80. The topological polar surface area (TPSA) is 0 Å². The first-order valence-electron chi connectivity index (χ1n) is 1.11. The zero-order valence-electron chi connectivity index (χ0n) is 2.42. The molecule has 0 rings (SSSR count). The minimum absolute atomic E-state index is 0.496. The SMILES string of the molecule is BrB(Br)CI. The first-order chi connectivity index (χ1) is 2.27. The fraction of sp³-hybridized carbons (Fsp3) is 1.00. The van der Waals surface area contributed by atoms with E-state index in [9.17, 15) is 0 Å². The van der Waals surface area contributed by atoms with Crippen LogP contribution in [0.3, 0.4) is 0 Å². The molecule has 0 nitrogen and oxygen atoms in total. The van der Waals surface area contributed by atoms with Crippen LogP contribution < -0.4 is 0 Å². The van der Waals surface area contributed by atoms with Gasteiger partial charge in [-0.1, -0.05) is 22.6 Å². The van der Waals surface area contributed by atoms with Crippen molar-refractivity contribution in [2.24, 2.45) is 0 Å². The fourth-order valence-corrected chi connectivity index (χ4v) is 0. The predicted molar refractivity (Wildman–Crippen MR) is 42.5 cm³/mol. The van der Waals surface area contributed by atoms with Gasteiger partial charge >= 0.3 is 4.36 Å². The Morgan fingerprint density at radius 1 is 1.60 bits per heavy atom. The Balaban J connectivity index is 2.54. The Labute approximate surface area is 62.2 Å². The standard InChI is InChI=1S/CH2BBr2I/c3-2(4)1-5/h1H2. The Kier molecular flexibility index (Phi) is 5.31. The molecule has 0 aliphatic carbocycles. The second kappa shape index (κ2) is 3.93. The summed E-state index contributed by atoms with van der Waals surface area (Å²) in [6.45, 7) is 0. The lowest BCUT2D eigenvalue weighted by Crippen LogP contribution is -1.88. The summed E-state index contributed by atoms with van der Waals surface area (Å²) < 4.78 is 1.60. The zero-order chi connectivity index (χ0) is 4.28. The Bertz CT molecular complexity index is 23.6. The monoisotopic (exact) mass is 310 g/mol. The van der Waals surface area contributed by atoms with Gasteiger partial charge in [-0.25, -0.2) is 0 Å². The quantitative estimate of drug-likeness (QED) is 0.396. The Morgan fingerprint density at radius 3 is 1.80 bits per heavy atom. The van der Waals surface area contributed by atoms with E-state index in [2.05, 4.69) is 54.1 Å². The molecule has 4 heteroatoms. The van der Waals surface area contributed by atoms with Crippen molar-refractivity contribution in [2.75, 3.05) is 4.33 Å². The lowest BCUT2D eigenvalue weighted by Gasteiger charge is -1.77. The van der Waals surface area contributed by atoms with Gasteiger partial charge in [-0.2, -0.15) is 0 Å². The van der Waals surface area contributed by atoms with E-state index in [4.69, 9.17) is 0 Å². The molecule has 0 aliphatic heterocycles. The molecule has 0 fully saturated rings. The van der Waals surface area contributed by atoms with Crippen molar-refractivity contribution in [1.82, 2.24) is 0 Å². The molecule has 0 heterocycles. The Morgan fingerprint density at radius 2 is 1.80 bits per heavy atom. The van der Waals surface area contributed by atoms with Gasteiger partial charge in [-0.3, -0.25) is 0 Å². The number of hydrogen-bond donors (Lipinski definition) is 0. The van der Waals surface area contributed by atoms with Gasteiger partial charge in [0.1, 0.15) is 0 Å². The van der Waals surface area contributed by atoms with E-state index in [0.717, 1.165) is 4.33 Å². The smallest absolute Gasteiger partial charge is 0.139 e. The van der Waals surface area contributed by atoms with Gasteiger partial charge in [0.25, 0.3) is 0 Å². The van der Waals surface area contributed by atoms with Gasteiger partial charge in [0.15, 0.2) is 0 Å². The molecule has 0 aromatic carbocycles. The van der Waals surface area contributed by atoms with Crippen LogP contribution in [0.5, 0.6) is 0 Å². The third kappa shape index (κ3) is 5.75. The maximum atomic E-state index is 3.28. The van der Waals surface area contributed by atoms with Crippen molar-refractivity contribution in [3.63, 3.8) is 0 Å². The van der Waals surface area contributed by atoms with E-state index in [1.807, 2.05) is 0 Å². The minimum atomic E-state index is 0.496. The van der Waals surface area contributed by atoms with Crippen LogP contribution in [0.2, 0.25) is 0 Å². The second-order valence-electron chi connectivity index (χ2n) is 0.545. The lowest BCUT2D eigenvalue weighted by atomic mass is 10.2. The van der Waals surface area contributed by atoms with Crippen molar-refractivity contribution in [3.05, 3.63) is 0 Å². The van der Waals surface area contributed by atoms with E-state index in [1.165, 1.54) is 0 Å². The van der Waals surface area contributed by atoms with Gasteiger partial charge in [0.2, 0.25) is 0 Å². The third-order valence-electron chi connectivity index (χ3n) is 0.117. The largest absolute Gasteiger partial charge is 0.308 e. The molecule has 0 saturated heterocycles. The molecule has 0 atom stereocenters. The highest BCUT2D eigenvalue weighted by Crippen LogP contribution is 2.04. The summed E-state index contributed by atoms with van der Waals surface area (Å²) in [6, 6.07) is 0. The second-order valence-corrected chi connectivity index (χ2v) is 4.87. The summed E-state index contributed by atoms with van der Waals surface area (Å²) >= 11 is 8.85. The van der Waals surface area contributed by atoms with Crippen LogP contribution in [-0.2, 0) is 0 Å². The summed E-state index contributed by atoms with van der Waals surface area (Å²) in [5.74, 6) is 0.